The lowest BCUT2D eigenvalue weighted by molar-refractivity contribution is -0.116. The van der Waals surface area contributed by atoms with Crippen LogP contribution in [-0.4, -0.2) is 32.0 Å². The van der Waals surface area contributed by atoms with Gasteiger partial charge in [-0.2, -0.15) is 0 Å². The minimum atomic E-state index is -1.14. The van der Waals surface area contributed by atoms with Crippen molar-refractivity contribution in [2.75, 3.05) is 5.32 Å². The summed E-state index contributed by atoms with van der Waals surface area (Å²) in [6.45, 7) is 1.83. The molecule has 0 radical (unpaired) electrons. The number of carboxylic acid groups (broad SMARTS) is 1. The van der Waals surface area contributed by atoms with E-state index in [9.17, 15) is 9.59 Å². The van der Waals surface area contributed by atoms with Crippen LogP contribution in [0.2, 0.25) is 5.02 Å². The van der Waals surface area contributed by atoms with Crippen molar-refractivity contribution in [3.8, 4) is 0 Å². The zero-order valence-corrected chi connectivity index (χ0v) is 12.0. The average Bonchev–Trinajstić information content (AvgIpc) is 2.80. The number of benzene rings is 1. The highest BCUT2D eigenvalue weighted by atomic mass is 35.5. The van der Waals surface area contributed by atoms with Crippen LogP contribution >= 0.6 is 11.6 Å². The summed E-state index contributed by atoms with van der Waals surface area (Å²) in [7, 11) is 0. The monoisotopic (exact) mass is 308 g/mol. The van der Waals surface area contributed by atoms with Gasteiger partial charge < -0.3 is 10.4 Å². The van der Waals surface area contributed by atoms with Gasteiger partial charge in [0.25, 0.3) is 0 Å². The van der Waals surface area contributed by atoms with Gasteiger partial charge in [0.1, 0.15) is 0 Å². The van der Waals surface area contributed by atoms with Crippen LogP contribution in [-0.2, 0) is 11.3 Å². The molecule has 0 aliphatic rings. The fourth-order valence-corrected chi connectivity index (χ4v) is 1.94. The maximum atomic E-state index is 11.8. The third-order valence-electron chi connectivity index (χ3n) is 2.88. The Balaban J connectivity index is 1.96. The lowest BCUT2D eigenvalue weighted by atomic mass is 10.3. The molecule has 0 fully saturated rings. The number of nitrogens with one attached hydrogen (secondary N) is 1. The maximum absolute atomic E-state index is 11.8. The number of aromatic nitrogens is 3. The van der Waals surface area contributed by atoms with Crippen molar-refractivity contribution in [3.63, 3.8) is 0 Å². The van der Waals surface area contributed by atoms with Gasteiger partial charge in [-0.05, 0) is 19.1 Å². The van der Waals surface area contributed by atoms with Gasteiger partial charge in [-0.1, -0.05) is 28.9 Å². The van der Waals surface area contributed by atoms with Gasteiger partial charge in [0.05, 0.1) is 22.9 Å². The Morgan fingerprint density at radius 1 is 1.38 bits per heavy atom. The van der Waals surface area contributed by atoms with Crippen molar-refractivity contribution in [3.05, 3.63) is 40.7 Å². The van der Waals surface area contributed by atoms with Crippen molar-refractivity contribution >= 4 is 29.2 Å². The molecule has 7 nitrogen and oxygen atoms in total. The SMILES string of the molecule is Cc1c(C(=O)O)nnn1CCC(=O)Nc1ccccc1Cl. The first kappa shape index (κ1) is 15.0. The Labute approximate surface area is 125 Å². The molecule has 2 rings (SSSR count). The number of carbonyl (C=O) groups is 2. The third kappa shape index (κ3) is 3.57. The first-order valence-electron chi connectivity index (χ1n) is 6.17. The predicted octanol–water partition coefficient (Wildman–Crippen LogP) is 1.97. The molecule has 0 unspecified atom stereocenters. The van der Waals surface area contributed by atoms with Crippen LogP contribution in [0.1, 0.15) is 22.6 Å². The van der Waals surface area contributed by atoms with E-state index in [-0.39, 0.29) is 24.6 Å². The summed E-state index contributed by atoms with van der Waals surface area (Å²) < 4.78 is 1.38. The van der Waals surface area contributed by atoms with Crippen LogP contribution in [0.25, 0.3) is 0 Å². The van der Waals surface area contributed by atoms with E-state index in [0.29, 0.717) is 16.4 Å². The highest BCUT2D eigenvalue weighted by Crippen LogP contribution is 2.20. The number of halogens is 1. The van der Waals surface area contributed by atoms with Crippen molar-refractivity contribution in [1.29, 1.82) is 0 Å². The number of para-hydroxylation sites is 1. The maximum Gasteiger partial charge on any atom is 0.358 e. The van der Waals surface area contributed by atoms with Gasteiger partial charge in [0.15, 0.2) is 5.69 Å². The number of anilines is 1. The molecule has 110 valence electrons. The van der Waals surface area contributed by atoms with Gasteiger partial charge in [0, 0.05) is 6.42 Å². The fourth-order valence-electron chi connectivity index (χ4n) is 1.75. The number of carboxylic acids is 1. The Morgan fingerprint density at radius 3 is 2.71 bits per heavy atom. The summed E-state index contributed by atoms with van der Waals surface area (Å²) in [6.07, 6.45) is 0.133. The van der Waals surface area contributed by atoms with E-state index in [1.165, 1.54) is 4.68 Å². The lowest BCUT2D eigenvalue weighted by Crippen LogP contribution is -2.16. The fraction of sp³-hybridized carbons (Fsp3) is 0.231. The van der Waals surface area contributed by atoms with Crippen molar-refractivity contribution < 1.29 is 14.7 Å². The Morgan fingerprint density at radius 2 is 2.10 bits per heavy atom. The van der Waals surface area contributed by atoms with E-state index in [1.54, 1.807) is 31.2 Å². The van der Waals surface area contributed by atoms with Crippen LogP contribution in [0.15, 0.2) is 24.3 Å². The topological polar surface area (TPSA) is 97.1 Å². The minimum absolute atomic E-state index is 0.110. The molecule has 8 heteroatoms. The second kappa shape index (κ2) is 6.36. The molecular formula is C13H13ClN4O3. The zero-order chi connectivity index (χ0) is 15.4. The molecular weight excluding hydrogens is 296 g/mol. The predicted molar refractivity (Wildman–Crippen MR) is 76.4 cm³/mol. The highest BCUT2D eigenvalue weighted by Gasteiger charge is 2.15. The molecule has 0 aliphatic carbocycles. The summed E-state index contributed by atoms with van der Waals surface area (Å²) in [6, 6.07) is 6.91. The summed E-state index contributed by atoms with van der Waals surface area (Å²) in [5.74, 6) is -1.38. The van der Waals surface area contributed by atoms with Gasteiger partial charge in [-0.3, -0.25) is 4.79 Å². The molecule has 0 bridgehead atoms. The normalized spacial score (nSPS) is 10.4. The van der Waals surface area contributed by atoms with E-state index in [2.05, 4.69) is 15.6 Å². The van der Waals surface area contributed by atoms with Gasteiger partial charge in [-0.15, -0.1) is 5.10 Å². The van der Waals surface area contributed by atoms with Crippen LogP contribution < -0.4 is 5.32 Å². The summed E-state index contributed by atoms with van der Waals surface area (Å²) in [5.41, 5.74) is 0.834. The molecule has 1 aromatic carbocycles. The number of nitrogens with zero attached hydrogens (tertiary/aromatic N) is 3. The second-order valence-corrected chi connectivity index (χ2v) is 4.74. The Kier molecular flexibility index (Phi) is 4.54. The summed E-state index contributed by atoms with van der Waals surface area (Å²) in [4.78, 5) is 22.7. The van der Waals surface area contributed by atoms with E-state index < -0.39 is 5.97 Å². The molecule has 0 aliphatic heterocycles. The highest BCUT2D eigenvalue weighted by molar-refractivity contribution is 6.33. The van der Waals surface area contributed by atoms with Crippen molar-refractivity contribution in [2.45, 2.75) is 19.9 Å². The molecule has 0 saturated heterocycles. The molecule has 2 N–H and O–H groups in total. The van der Waals surface area contributed by atoms with Gasteiger partial charge >= 0.3 is 5.97 Å². The molecule has 1 heterocycles. The zero-order valence-electron chi connectivity index (χ0n) is 11.2. The number of carbonyl (C=O) groups excluding carboxylic acids is 1. The molecule has 1 amide bonds. The number of aromatic carboxylic acids is 1. The summed E-state index contributed by atoms with van der Waals surface area (Å²) in [5, 5.41) is 19.3. The third-order valence-corrected chi connectivity index (χ3v) is 3.21. The van der Waals surface area contributed by atoms with Gasteiger partial charge in [-0.25, -0.2) is 9.48 Å². The van der Waals surface area contributed by atoms with E-state index in [4.69, 9.17) is 16.7 Å². The smallest absolute Gasteiger partial charge is 0.358 e. The number of hydrogen-bond acceptors (Lipinski definition) is 4. The van der Waals surface area contributed by atoms with Crippen molar-refractivity contribution in [2.24, 2.45) is 0 Å². The molecule has 0 spiro atoms. The number of hydrogen-bond donors (Lipinski definition) is 2. The average molecular weight is 309 g/mol. The molecule has 0 saturated carbocycles. The Bertz CT molecular complexity index is 684. The first-order valence-corrected chi connectivity index (χ1v) is 6.54. The number of aryl methyl sites for hydroxylation is 1. The van der Waals surface area contributed by atoms with E-state index in [1.807, 2.05) is 0 Å². The minimum Gasteiger partial charge on any atom is -0.476 e. The number of amides is 1. The molecule has 21 heavy (non-hydrogen) atoms. The molecule has 1 aromatic heterocycles. The van der Waals surface area contributed by atoms with Crippen LogP contribution in [0.3, 0.4) is 0 Å². The number of rotatable bonds is 5. The molecule has 2 aromatic rings. The van der Waals surface area contributed by atoms with Crippen molar-refractivity contribution in [1.82, 2.24) is 15.0 Å². The Hall–Kier alpha value is -2.41. The molecule has 0 atom stereocenters. The van der Waals surface area contributed by atoms with Crippen LogP contribution in [0.5, 0.6) is 0 Å². The van der Waals surface area contributed by atoms with Crippen LogP contribution in [0, 0.1) is 6.92 Å². The standard InChI is InChI=1S/C13H13ClN4O3/c1-8-12(13(20)21)16-17-18(8)7-6-11(19)15-10-5-3-2-4-9(10)14/h2-5H,6-7H2,1H3,(H,15,19)(H,20,21). The van der Waals surface area contributed by atoms with Crippen LogP contribution in [0.4, 0.5) is 5.69 Å². The lowest BCUT2D eigenvalue weighted by Gasteiger charge is -2.07. The largest absolute Gasteiger partial charge is 0.476 e. The second-order valence-electron chi connectivity index (χ2n) is 4.33. The van der Waals surface area contributed by atoms with E-state index in [0.717, 1.165) is 0 Å². The first-order chi connectivity index (χ1) is 9.99. The summed E-state index contributed by atoms with van der Waals surface area (Å²) >= 11 is 5.94. The quantitative estimate of drug-likeness (QED) is 0.880. The van der Waals surface area contributed by atoms with E-state index >= 15 is 0 Å². The van der Waals surface area contributed by atoms with Gasteiger partial charge in [0.2, 0.25) is 5.91 Å².